The Morgan fingerprint density at radius 1 is 1.31 bits per heavy atom. The lowest BCUT2D eigenvalue weighted by Crippen LogP contribution is -2.44. The zero-order valence-corrected chi connectivity index (χ0v) is 17.7. The van der Waals surface area contributed by atoms with Crippen LogP contribution in [0.3, 0.4) is 0 Å². The van der Waals surface area contributed by atoms with E-state index in [1.165, 1.54) is 6.07 Å². The van der Waals surface area contributed by atoms with Crippen LogP contribution in [0.15, 0.2) is 23.2 Å². The minimum Gasteiger partial charge on any atom is -0.383 e. The Balaban J connectivity index is 1.94. The van der Waals surface area contributed by atoms with Crippen molar-refractivity contribution in [1.82, 2.24) is 10.3 Å². The maximum Gasteiger partial charge on any atom is 0.144 e. The van der Waals surface area contributed by atoms with Gasteiger partial charge in [0.25, 0.3) is 0 Å². The number of fused-ring (bicyclic) bond motifs is 1. The van der Waals surface area contributed by atoms with Crippen LogP contribution >= 0.6 is 0 Å². The molecule has 1 atom stereocenters. The molecule has 1 aromatic carbocycles. The molecule has 29 heavy (non-hydrogen) atoms. The van der Waals surface area contributed by atoms with Crippen LogP contribution in [0, 0.1) is 18.7 Å². The van der Waals surface area contributed by atoms with Gasteiger partial charge in [-0.05, 0) is 56.8 Å². The first-order valence-corrected chi connectivity index (χ1v) is 10.4. The fraction of sp³-hybridized carbons (Fsp3) is 0.545. The predicted octanol–water partition coefficient (Wildman–Crippen LogP) is 2.94. The summed E-state index contributed by atoms with van der Waals surface area (Å²) in [5.41, 5.74) is 8.04. The van der Waals surface area contributed by atoms with Crippen LogP contribution in [0.25, 0.3) is 10.9 Å². The highest BCUT2D eigenvalue weighted by atomic mass is 19.1. The number of anilines is 1. The second-order valence-electron chi connectivity index (χ2n) is 8.36. The Morgan fingerprint density at radius 3 is 2.62 bits per heavy atom. The molecule has 158 valence electrons. The molecule has 4 N–H and O–H groups in total. The largest absolute Gasteiger partial charge is 0.383 e. The Kier molecular flexibility index (Phi) is 6.70. The third kappa shape index (κ3) is 5.22. The summed E-state index contributed by atoms with van der Waals surface area (Å²) in [7, 11) is 0. The first-order chi connectivity index (χ1) is 13.7. The van der Waals surface area contributed by atoms with Crippen molar-refractivity contribution in [3.8, 4) is 0 Å². The smallest absolute Gasteiger partial charge is 0.144 e. The standard InChI is InChI=1S/C22H32FN5O/c1-13(2)12-25-17-5-7-28(8-6-17)22-18(21(24)26-15(4)29)10-16-9-14(3)19(23)11-20(16)27-22/h9-11,13,15,17,25,29H,5-8,12H2,1-4H3,(H2,24,26). The van der Waals surface area contributed by atoms with Gasteiger partial charge in [-0.15, -0.1) is 0 Å². The van der Waals surface area contributed by atoms with Crippen molar-refractivity contribution in [1.29, 1.82) is 0 Å². The van der Waals surface area contributed by atoms with Gasteiger partial charge in [0.05, 0.1) is 11.1 Å². The van der Waals surface area contributed by atoms with Crippen LogP contribution in [-0.2, 0) is 0 Å². The topological polar surface area (TPSA) is 86.8 Å². The number of piperidine rings is 1. The van der Waals surface area contributed by atoms with E-state index in [1.807, 2.05) is 6.07 Å². The van der Waals surface area contributed by atoms with Crippen molar-refractivity contribution in [2.24, 2.45) is 16.6 Å². The van der Waals surface area contributed by atoms with Crippen molar-refractivity contribution in [2.75, 3.05) is 24.5 Å². The number of benzene rings is 1. The van der Waals surface area contributed by atoms with E-state index in [0.29, 0.717) is 34.4 Å². The molecule has 1 saturated heterocycles. The normalized spacial score (nSPS) is 17.3. The molecule has 0 amide bonds. The number of rotatable bonds is 6. The molecule has 0 radical (unpaired) electrons. The van der Waals surface area contributed by atoms with E-state index in [2.05, 4.69) is 29.1 Å². The van der Waals surface area contributed by atoms with Gasteiger partial charge in [0.2, 0.25) is 0 Å². The number of aliphatic hydroxyl groups excluding tert-OH is 1. The van der Waals surface area contributed by atoms with Gasteiger partial charge in [0.15, 0.2) is 0 Å². The quantitative estimate of drug-likeness (QED) is 0.512. The molecule has 7 heteroatoms. The van der Waals surface area contributed by atoms with Crippen molar-refractivity contribution in [2.45, 2.75) is 52.8 Å². The Labute approximate surface area is 172 Å². The molecule has 3 rings (SSSR count). The van der Waals surface area contributed by atoms with Crippen LogP contribution < -0.4 is 16.0 Å². The molecule has 1 aliphatic rings. The maximum absolute atomic E-state index is 14.1. The van der Waals surface area contributed by atoms with E-state index in [9.17, 15) is 9.50 Å². The first kappa shape index (κ1) is 21.5. The van der Waals surface area contributed by atoms with Crippen molar-refractivity contribution in [3.05, 3.63) is 35.1 Å². The lowest BCUT2D eigenvalue weighted by molar-refractivity contribution is 0.205. The van der Waals surface area contributed by atoms with Gasteiger partial charge in [-0.1, -0.05) is 13.8 Å². The lowest BCUT2D eigenvalue weighted by Gasteiger charge is -2.34. The van der Waals surface area contributed by atoms with Crippen LogP contribution in [0.4, 0.5) is 10.2 Å². The molecular formula is C22H32FN5O. The van der Waals surface area contributed by atoms with Gasteiger partial charge in [0.1, 0.15) is 23.7 Å². The third-order valence-corrected chi connectivity index (χ3v) is 5.29. The molecule has 2 aromatic rings. The number of aliphatic hydroxyl groups is 1. The monoisotopic (exact) mass is 401 g/mol. The number of nitrogens with two attached hydrogens (primary N) is 1. The Bertz CT molecular complexity index is 888. The van der Waals surface area contributed by atoms with Gasteiger partial charge < -0.3 is 21.1 Å². The second-order valence-corrected chi connectivity index (χ2v) is 8.36. The molecule has 1 unspecified atom stereocenters. The van der Waals surface area contributed by atoms with E-state index in [1.54, 1.807) is 19.9 Å². The van der Waals surface area contributed by atoms with Gasteiger partial charge in [-0.2, -0.15) is 0 Å². The van der Waals surface area contributed by atoms with Gasteiger partial charge in [-0.25, -0.2) is 14.4 Å². The number of hydrogen-bond donors (Lipinski definition) is 3. The predicted molar refractivity (Wildman–Crippen MR) is 117 cm³/mol. The first-order valence-electron chi connectivity index (χ1n) is 10.4. The van der Waals surface area contributed by atoms with Gasteiger partial charge in [-0.3, -0.25) is 0 Å². The highest BCUT2D eigenvalue weighted by Gasteiger charge is 2.24. The average Bonchev–Trinajstić information content (AvgIpc) is 2.66. The summed E-state index contributed by atoms with van der Waals surface area (Å²) < 4.78 is 14.1. The molecule has 1 aliphatic heterocycles. The van der Waals surface area contributed by atoms with Gasteiger partial charge in [0, 0.05) is 30.6 Å². The second kappa shape index (κ2) is 9.05. The van der Waals surface area contributed by atoms with Crippen molar-refractivity contribution >= 4 is 22.6 Å². The van der Waals surface area contributed by atoms with Crippen molar-refractivity contribution in [3.63, 3.8) is 0 Å². The van der Waals surface area contributed by atoms with E-state index < -0.39 is 6.23 Å². The van der Waals surface area contributed by atoms with E-state index in [0.717, 1.165) is 37.9 Å². The molecule has 0 bridgehead atoms. The molecular weight excluding hydrogens is 369 g/mol. The molecule has 2 heterocycles. The summed E-state index contributed by atoms with van der Waals surface area (Å²) in [6.07, 6.45) is 1.10. The summed E-state index contributed by atoms with van der Waals surface area (Å²) in [4.78, 5) is 11.0. The van der Waals surface area contributed by atoms with E-state index in [-0.39, 0.29) is 11.7 Å². The summed E-state index contributed by atoms with van der Waals surface area (Å²) in [6.45, 7) is 10.4. The Hall–Kier alpha value is -2.25. The highest BCUT2D eigenvalue weighted by Crippen LogP contribution is 2.28. The maximum atomic E-state index is 14.1. The zero-order valence-electron chi connectivity index (χ0n) is 17.7. The zero-order chi connectivity index (χ0) is 21.1. The lowest BCUT2D eigenvalue weighted by atomic mass is 10.0. The number of aryl methyl sites for hydroxylation is 1. The van der Waals surface area contributed by atoms with Crippen LogP contribution in [-0.4, -0.2) is 47.8 Å². The van der Waals surface area contributed by atoms with Crippen molar-refractivity contribution < 1.29 is 9.50 Å². The number of pyridine rings is 1. The fourth-order valence-electron chi connectivity index (χ4n) is 3.70. The van der Waals surface area contributed by atoms with E-state index in [4.69, 9.17) is 10.7 Å². The number of aliphatic imine (C=N–C) groups is 1. The molecule has 0 saturated carbocycles. The number of nitrogens with zero attached hydrogens (tertiary/aromatic N) is 3. The number of nitrogens with one attached hydrogen (secondary N) is 1. The summed E-state index contributed by atoms with van der Waals surface area (Å²) in [5, 5.41) is 14.1. The summed E-state index contributed by atoms with van der Waals surface area (Å²) >= 11 is 0. The van der Waals surface area contributed by atoms with Crippen LogP contribution in [0.5, 0.6) is 0 Å². The summed E-state index contributed by atoms with van der Waals surface area (Å²) in [5.74, 6) is 1.29. The molecule has 6 nitrogen and oxygen atoms in total. The van der Waals surface area contributed by atoms with Crippen LogP contribution in [0.1, 0.15) is 44.7 Å². The molecule has 0 spiro atoms. The highest BCUT2D eigenvalue weighted by molar-refractivity contribution is 6.05. The average molecular weight is 402 g/mol. The molecule has 1 aromatic heterocycles. The van der Waals surface area contributed by atoms with E-state index >= 15 is 0 Å². The number of amidine groups is 1. The molecule has 1 fully saturated rings. The molecule has 0 aliphatic carbocycles. The minimum absolute atomic E-state index is 0.242. The Morgan fingerprint density at radius 2 is 2.00 bits per heavy atom. The van der Waals surface area contributed by atoms with Crippen LogP contribution in [0.2, 0.25) is 0 Å². The number of halogens is 1. The number of hydrogen-bond acceptors (Lipinski definition) is 5. The third-order valence-electron chi connectivity index (χ3n) is 5.29. The SMILES string of the molecule is Cc1cc2cc(C(N)=NC(C)O)c(N3CCC(NCC(C)C)CC3)nc2cc1F. The minimum atomic E-state index is -0.903. The fourth-order valence-corrected chi connectivity index (χ4v) is 3.70. The summed E-state index contributed by atoms with van der Waals surface area (Å²) in [6, 6.07) is 5.62. The number of aromatic nitrogens is 1. The van der Waals surface area contributed by atoms with Gasteiger partial charge >= 0.3 is 0 Å².